The molecule has 50 heavy (non-hydrogen) atoms. The van der Waals surface area contributed by atoms with Crippen LogP contribution in [0.1, 0.15) is 35.6 Å². The molecule has 2 aromatic carbocycles. The van der Waals surface area contributed by atoms with Gasteiger partial charge in [0.05, 0.1) is 46.1 Å². The van der Waals surface area contributed by atoms with Crippen LogP contribution >= 0.6 is 12.2 Å². The highest BCUT2D eigenvalue weighted by molar-refractivity contribution is 7.79. The number of esters is 1. The van der Waals surface area contributed by atoms with Crippen LogP contribution in [-0.2, 0) is 33.2 Å². The molecule has 5 aliphatic rings. The minimum absolute atomic E-state index is 0.000469. The maximum Gasteiger partial charge on any atom is 0.358 e. The number of thiocarbonyl (C=S) groups is 1. The van der Waals surface area contributed by atoms with Crippen LogP contribution in [0.3, 0.4) is 0 Å². The summed E-state index contributed by atoms with van der Waals surface area (Å²) in [5.41, 5.74) is 1.88. The second-order valence-corrected chi connectivity index (χ2v) is 12.8. The molecule has 272 valence electrons. The lowest BCUT2D eigenvalue weighted by atomic mass is 9.66. The van der Waals surface area contributed by atoms with E-state index < -0.39 is 79.5 Å². The number of aliphatic hydroxyl groups is 4. The first-order chi connectivity index (χ1) is 24.1. The molecule has 0 saturated carbocycles. The van der Waals surface area contributed by atoms with E-state index in [9.17, 15) is 20.1 Å². The number of carbonyl (C=O) groups excluding carboxylic acids is 1. The topological polar surface area (TPSA) is 200 Å². The van der Waals surface area contributed by atoms with Gasteiger partial charge in [-0.25, -0.2) is 0 Å². The SMILES string of the molecule is COc1cc([C@@H]2c3cc4c(cc3C(OC3OC5COC(C)OC5C(O)C3O)C3COC(=O)C32)OCO4)cc(OC)c1OC(=S)OCC(O)CO. The first-order valence-corrected chi connectivity index (χ1v) is 16.5. The standard InChI is InChI=1S/C33H38O16S/c1-13-41-11-23-30(46-13)26(36)27(37)32(47-23)48-28-17-7-20-19(44-12-45-20)6-16(17)24(25-18(28)10-42-31(25)38)14-4-21(39-2)29(22(5-14)40-3)49-33(50)43-9-15(35)8-34/h4-7,13,15,18,23-28,30,32,34-37H,8-12H2,1-3H3/t13?,15?,18?,23?,24-,25?,26?,27?,28?,30?,32?/m1/s1. The summed E-state index contributed by atoms with van der Waals surface area (Å²) in [4.78, 5) is 13.6. The lowest BCUT2D eigenvalue weighted by Crippen LogP contribution is -2.63. The summed E-state index contributed by atoms with van der Waals surface area (Å²) in [6.07, 6.45) is -8.23. The smallest absolute Gasteiger partial charge is 0.358 e. The summed E-state index contributed by atoms with van der Waals surface area (Å²) in [6.45, 7) is 0.981. The fourth-order valence-electron chi connectivity index (χ4n) is 7.15. The van der Waals surface area contributed by atoms with Gasteiger partial charge in [-0.05, 0) is 47.9 Å². The van der Waals surface area contributed by atoms with E-state index in [1.165, 1.54) is 14.2 Å². The number of carbonyl (C=O) groups is 1. The van der Waals surface area contributed by atoms with Crippen LogP contribution in [0.5, 0.6) is 28.7 Å². The van der Waals surface area contributed by atoms with Crippen LogP contribution in [0.2, 0.25) is 0 Å². The molecule has 4 N–H and O–H groups in total. The van der Waals surface area contributed by atoms with Gasteiger partial charge in [-0.1, -0.05) is 0 Å². The summed E-state index contributed by atoms with van der Waals surface area (Å²) in [7, 11) is 2.84. The molecule has 7 rings (SSSR count). The van der Waals surface area contributed by atoms with Crippen molar-refractivity contribution in [3.05, 3.63) is 41.0 Å². The Morgan fingerprint density at radius 2 is 1.68 bits per heavy atom. The van der Waals surface area contributed by atoms with Crippen molar-refractivity contribution in [2.45, 2.75) is 62.0 Å². The number of hydrogen-bond donors (Lipinski definition) is 4. The van der Waals surface area contributed by atoms with Crippen molar-refractivity contribution in [2.24, 2.45) is 11.8 Å². The van der Waals surface area contributed by atoms with Gasteiger partial charge < -0.3 is 72.5 Å². The van der Waals surface area contributed by atoms with Crippen molar-refractivity contribution in [1.29, 1.82) is 0 Å². The quantitative estimate of drug-likeness (QED) is 0.208. The summed E-state index contributed by atoms with van der Waals surface area (Å²) < 4.78 is 63.3. The number of fused-ring (bicyclic) bond motifs is 4. The maximum absolute atomic E-state index is 13.6. The largest absolute Gasteiger partial charge is 0.493 e. The molecule has 10 unspecified atom stereocenters. The number of aliphatic hydroxyl groups excluding tert-OH is 4. The van der Waals surface area contributed by atoms with Crippen LogP contribution in [0.25, 0.3) is 0 Å². The number of methoxy groups -OCH3 is 2. The van der Waals surface area contributed by atoms with Gasteiger partial charge in [0.1, 0.15) is 37.1 Å². The highest BCUT2D eigenvalue weighted by Gasteiger charge is 2.56. The predicted octanol–water partition coefficient (Wildman–Crippen LogP) is 0.666. The molecule has 3 fully saturated rings. The van der Waals surface area contributed by atoms with E-state index >= 15 is 0 Å². The van der Waals surface area contributed by atoms with Crippen molar-refractivity contribution in [1.82, 2.24) is 0 Å². The highest BCUT2D eigenvalue weighted by Crippen LogP contribution is 2.57. The third-order valence-corrected chi connectivity index (χ3v) is 9.72. The lowest BCUT2D eigenvalue weighted by molar-refractivity contribution is -0.364. The Labute approximate surface area is 291 Å². The normalized spacial score (nSPS) is 33.0. The summed E-state index contributed by atoms with van der Waals surface area (Å²) in [5.74, 6) is -1.08. The lowest BCUT2D eigenvalue weighted by Gasteiger charge is -2.47. The molecule has 0 spiro atoms. The van der Waals surface area contributed by atoms with Gasteiger partial charge in [0, 0.05) is 24.1 Å². The molecule has 16 nitrogen and oxygen atoms in total. The molecule has 0 amide bonds. The van der Waals surface area contributed by atoms with Crippen molar-refractivity contribution in [3.63, 3.8) is 0 Å². The monoisotopic (exact) mass is 722 g/mol. The number of hydrogen-bond acceptors (Lipinski definition) is 17. The Bertz CT molecular complexity index is 1580. The number of ether oxygens (including phenoxy) is 11. The molecule has 1 aliphatic carbocycles. The molecule has 4 heterocycles. The Kier molecular flexibility index (Phi) is 9.94. The second kappa shape index (κ2) is 14.2. The van der Waals surface area contributed by atoms with Gasteiger partial charge >= 0.3 is 11.2 Å². The zero-order valence-corrected chi connectivity index (χ0v) is 28.1. The van der Waals surface area contributed by atoms with Gasteiger partial charge in [0.2, 0.25) is 12.5 Å². The molecule has 0 radical (unpaired) electrons. The molecule has 2 aromatic rings. The molecule has 11 atom stereocenters. The number of cyclic esters (lactones) is 1. The van der Waals surface area contributed by atoms with E-state index in [1.807, 2.05) is 0 Å². The fourth-order valence-corrected chi connectivity index (χ4v) is 7.30. The summed E-state index contributed by atoms with van der Waals surface area (Å²) >= 11 is 5.18. The van der Waals surface area contributed by atoms with E-state index in [-0.39, 0.29) is 49.1 Å². The van der Waals surface area contributed by atoms with Crippen LogP contribution in [0.15, 0.2) is 24.3 Å². The van der Waals surface area contributed by atoms with Crippen molar-refractivity contribution in [3.8, 4) is 28.7 Å². The van der Waals surface area contributed by atoms with Crippen LogP contribution < -0.4 is 23.7 Å². The Morgan fingerprint density at radius 3 is 2.36 bits per heavy atom. The average Bonchev–Trinajstić information content (AvgIpc) is 3.74. The van der Waals surface area contributed by atoms with Crippen molar-refractivity contribution >= 4 is 23.4 Å². The van der Waals surface area contributed by atoms with Crippen LogP contribution in [-0.4, -0.2) is 122 Å². The first-order valence-electron chi connectivity index (χ1n) is 16.0. The van der Waals surface area contributed by atoms with Gasteiger partial charge in [-0.2, -0.15) is 0 Å². The average molecular weight is 723 g/mol. The minimum atomic E-state index is -1.48. The Hall–Kier alpha value is -3.52. The van der Waals surface area contributed by atoms with Crippen LogP contribution in [0, 0.1) is 11.8 Å². The van der Waals surface area contributed by atoms with Crippen LogP contribution in [0.4, 0.5) is 0 Å². The molecule has 4 aliphatic heterocycles. The summed E-state index contributed by atoms with van der Waals surface area (Å²) in [5, 5.41) is 40.5. The minimum Gasteiger partial charge on any atom is -0.493 e. The van der Waals surface area contributed by atoms with E-state index in [0.29, 0.717) is 28.2 Å². The number of rotatable bonds is 9. The van der Waals surface area contributed by atoms with E-state index in [0.717, 1.165) is 0 Å². The Balaban J connectivity index is 1.26. The van der Waals surface area contributed by atoms with E-state index in [2.05, 4.69) is 0 Å². The molecule has 0 aromatic heterocycles. The number of benzene rings is 2. The molecule has 0 bridgehead atoms. The third kappa shape index (κ3) is 6.31. The van der Waals surface area contributed by atoms with E-state index in [1.54, 1.807) is 31.2 Å². The van der Waals surface area contributed by atoms with Gasteiger partial charge in [-0.3, -0.25) is 4.79 Å². The molecular formula is C33H38O16S. The van der Waals surface area contributed by atoms with Gasteiger partial charge in [-0.15, -0.1) is 0 Å². The van der Waals surface area contributed by atoms with Crippen molar-refractivity contribution < 1.29 is 77.3 Å². The second-order valence-electron chi connectivity index (χ2n) is 12.5. The first kappa shape index (κ1) is 34.9. The predicted molar refractivity (Wildman–Crippen MR) is 169 cm³/mol. The zero-order valence-electron chi connectivity index (χ0n) is 27.3. The Morgan fingerprint density at radius 1 is 0.980 bits per heavy atom. The van der Waals surface area contributed by atoms with Gasteiger partial charge in [0.25, 0.3) is 0 Å². The third-order valence-electron chi connectivity index (χ3n) is 9.52. The van der Waals surface area contributed by atoms with E-state index in [4.69, 9.17) is 69.4 Å². The molecule has 17 heteroatoms. The molecular weight excluding hydrogens is 684 g/mol. The fraction of sp³-hybridized carbons (Fsp3) is 0.576. The zero-order chi connectivity index (χ0) is 35.3. The molecule has 3 saturated heterocycles. The highest BCUT2D eigenvalue weighted by atomic mass is 32.1. The van der Waals surface area contributed by atoms with Crippen molar-refractivity contribution in [2.75, 3.05) is 47.4 Å². The summed E-state index contributed by atoms with van der Waals surface area (Å²) in [6, 6.07) is 6.92. The van der Waals surface area contributed by atoms with Gasteiger partial charge in [0.15, 0.2) is 35.6 Å². The maximum atomic E-state index is 13.6.